The van der Waals surface area contributed by atoms with E-state index >= 15 is 0 Å². The highest BCUT2D eigenvalue weighted by atomic mass is 16.5. The largest absolute Gasteiger partial charge is 0.496 e. The van der Waals surface area contributed by atoms with Crippen LogP contribution in [0.4, 0.5) is 11.6 Å². The van der Waals surface area contributed by atoms with Crippen molar-refractivity contribution in [1.29, 1.82) is 0 Å². The first-order valence-electron chi connectivity index (χ1n) is 8.69. The second-order valence-electron chi connectivity index (χ2n) is 6.18. The van der Waals surface area contributed by atoms with Crippen molar-refractivity contribution < 1.29 is 9.53 Å². The standard InChI is InChI=1S/C21H22N4O2/c1-15-6-5-7-16(12-15)13-21(26)23-20-11-10-19(24-25-20)22-14-17-8-3-4-9-18(17)27-2/h3-12H,13-14H2,1-2H3,(H,22,24)(H,23,25,26). The molecular formula is C21H22N4O2. The maximum absolute atomic E-state index is 12.2. The van der Waals surface area contributed by atoms with Gasteiger partial charge in [-0.2, -0.15) is 0 Å². The number of aryl methyl sites for hydroxylation is 1. The molecule has 1 aromatic heterocycles. The Morgan fingerprint density at radius 2 is 1.78 bits per heavy atom. The fourth-order valence-corrected chi connectivity index (χ4v) is 2.72. The number of para-hydroxylation sites is 1. The number of amides is 1. The van der Waals surface area contributed by atoms with Crippen molar-refractivity contribution in [1.82, 2.24) is 10.2 Å². The van der Waals surface area contributed by atoms with E-state index in [0.29, 0.717) is 24.6 Å². The number of aromatic nitrogens is 2. The summed E-state index contributed by atoms with van der Waals surface area (Å²) in [5.74, 6) is 1.75. The first-order chi connectivity index (χ1) is 13.1. The lowest BCUT2D eigenvalue weighted by atomic mass is 10.1. The number of rotatable bonds is 7. The molecule has 0 aliphatic carbocycles. The zero-order valence-electron chi connectivity index (χ0n) is 15.4. The van der Waals surface area contributed by atoms with Gasteiger partial charge in [-0.1, -0.05) is 48.0 Å². The van der Waals surface area contributed by atoms with Crippen LogP contribution in [0.15, 0.2) is 60.7 Å². The van der Waals surface area contributed by atoms with Crippen molar-refractivity contribution in [3.05, 3.63) is 77.4 Å². The van der Waals surface area contributed by atoms with E-state index in [1.54, 1.807) is 19.2 Å². The van der Waals surface area contributed by atoms with E-state index in [1.807, 2.05) is 55.5 Å². The minimum Gasteiger partial charge on any atom is -0.496 e. The maximum Gasteiger partial charge on any atom is 0.229 e. The number of carbonyl (C=O) groups excluding carboxylic acids is 1. The Kier molecular flexibility index (Phi) is 5.99. The van der Waals surface area contributed by atoms with E-state index in [1.165, 1.54) is 0 Å². The summed E-state index contributed by atoms with van der Waals surface area (Å²) in [5.41, 5.74) is 3.12. The summed E-state index contributed by atoms with van der Waals surface area (Å²) in [4.78, 5) is 12.2. The van der Waals surface area contributed by atoms with Crippen LogP contribution in [0.3, 0.4) is 0 Å². The third kappa shape index (κ3) is 5.28. The maximum atomic E-state index is 12.2. The van der Waals surface area contributed by atoms with Crippen molar-refractivity contribution >= 4 is 17.5 Å². The van der Waals surface area contributed by atoms with Gasteiger partial charge in [0.05, 0.1) is 13.5 Å². The first-order valence-corrected chi connectivity index (χ1v) is 8.69. The predicted octanol–water partition coefficient (Wildman–Crippen LogP) is 3.59. The number of hydrogen-bond donors (Lipinski definition) is 2. The van der Waals surface area contributed by atoms with E-state index in [2.05, 4.69) is 20.8 Å². The normalized spacial score (nSPS) is 10.3. The van der Waals surface area contributed by atoms with E-state index in [-0.39, 0.29) is 5.91 Å². The highest BCUT2D eigenvalue weighted by Gasteiger charge is 2.07. The Hall–Kier alpha value is -3.41. The van der Waals surface area contributed by atoms with Gasteiger partial charge in [0.2, 0.25) is 5.91 Å². The first kappa shape index (κ1) is 18.4. The topological polar surface area (TPSA) is 76.1 Å². The van der Waals surface area contributed by atoms with Gasteiger partial charge in [-0.05, 0) is 30.7 Å². The van der Waals surface area contributed by atoms with Gasteiger partial charge in [0.25, 0.3) is 0 Å². The molecule has 0 radical (unpaired) electrons. The summed E-state index contributed by atoms with van der Waals surface area (Å²) >= 11 is 0. The monoisotopic (exact) mass is 362 g/mol. The molecule has 0 saturated carbocycles. The van der Waals surface area contributed by atoms with E-state index in [9.17, 15) is 4.79 Å². The summed E-state index contributed by atoms with van der Waals surface area (Å²) in [6.07, 6.45) is 0.303. The van der Waals surface area contributed by atoms with E-state index < -0.39 is 0 Å². The second-order valence-corrected chi connectivity index (χ2v) is 6.18. The Bertz CT molecular complexity index is 910. The van der Waals surface area contributed by atoms with Gasteiger partial charge in [-0.15, -0.1) is 10.2 Å². The van der Waals surface area contributed by atoms with Crippen LogP contribution in [-0.4, -0.2) is 23.2 Å². The minimum atomic E-state index is -0.121. The SMILES string of the molecule is COc1ccccc1CNc1ccc(NC(=O)Cc2cccc(C)c2)nn1. The molecule has 0 atom stereocenters. The van der Waals surface area contributed by atoms with Crippen molar-refractivity contribution in [3.8, 4) is 5.75 Å². The average Bonchev–Trinajstić information content (AvgIpc) is 2.67. The number of ether oxygens (including phenoxy) is 1. The van der Waals surface area contributed by atoms with Crippen LogP contribution in [0.2, 0.25) is 0 Å². The summed E-state index contributed by atoms with van der Waals surface area (Å²) in [7, 11) is 1.65. The molecule has 1 heterocycles. The van der Waals surface area contributed by atoms with E-state index in [4.69, 9.17) is 4.74 Å². The molecule has 0 spiro atoms. The molecular weight excluding hydrogens is 340 g/mol. The summed E-state index contributed by atoms with van der Waals surface area (Å²) < 4.78 is 5.33. The van der Waals surface area contributed by atoms with Crippen LogP contribution in [0.25, 0.3) is 0 Å². The van der Waals surface area contributed by atoms with Crippen molar-refractivity contribution in [2.75, 3.05) is 17.7 Å². The Balaban J connectivity index is 1.54. The van der Waals surface area contributed by atoms with Crippen molar-refractivity contribution in [2.45, 2.75) is 19.9 Å². The molecule has 0 aliphatic rings. The van der Waals surface area contributed by atoms with Gasteiger partial charge in [0, 0.05) is 12.1 Å². The summed E-state index contributed by atoms with van der Waals surface area (Å²) in [6, 6.07) is 19.2. The molecule has 0 saturated heterocycles. The van der Waals surface area contributed by atoms with Crippen molar-refractivity contribution in [2.24, 2.45) is 0 Å². The highest BCUT2D eigenvalue weighted by molar-refractivity contribution is 5.91. The van der Waals surface area contributed by atoms with Crippen LogP contribution >= 0.6 is 0 Å². The highest BCUT2D eigenvalue weighted by Crippen LogP contribution is 2.18. The number of hydrogen-bond acceptors (Lipinski definition) is 5. The lowest BCUT2D eigenvalue weighted by Gasteiger charge is -2.10. The zero-order valence-corrected chi connectivity index (χ0v) is 15.4. The molecule has 0 unspecified atom stereocenters. The summed E-state index contributed by atoms with van der Waals surface area (Å²) in [6.45, 7) is 2.57. The zero-order chi connectivity index (χ0) is 19.1. The average molecular weight is 362 g/mol. The number of anilines is 2. The van der Waals surface area contributed by atoms with Gasteiger partial charge in [0.15, 0.2) is 5.82 Å². The number of benzene rings is 2. The lowest BCUT2D eigenvalue weighted by molar-refractivity contribution is -0.115. The predicted molar refractivity (Wildman–Crippen MR) is 106 cm³/mol. The van der Waals surface area contributed by atoms with Gasteiger partial charge < -0.3 is 15.4 Å². The third-order valence-electron chi connectivity index (χ3n) is 4.03. The molecule has 3 aromatic rings. The summed E-state index contributed by atoms with van der Waals surface area (Å²) in [5, 5.41) is 14.1. The Morgan fingerprint density at radius 1 is 1.00 bits per heavy atom. The van der Waals surface area contributed by atoms with Gasteiger partial charge in [-0.3, -0.25) is 4.79 Å². The van der Waals surface area contributed by atoms with Gasteiger partial charge in [0.1, 0.15) is 11.6 Å². The fraction of sp³-hybridized carbons (Fsp3) is 0.190. The van der Waals surface area contributed by atoms with Gasteiger partial charge in [-0.25, -0.2) is 0 Å². The molecule has 2 N–H and O–H groups in total. The Labute approximate surface area is 158 Å². The second kappa shape index (κ2) is 8.80. The van der Waals surface area contributed by atoms with Crippen LogP contribution < -0.4 is 15.4 Å². The molecule has 3 rings (SSSR count). The van der Waals surface area contributed by atoms with Crippen LogP contribution in [0.5, 0.6) is 5.75 Å². The number of nitrogens with one attached hydrogen (secondary N) is 2. The number of nitrogens with zero attached hydrogens (tertiary/aromatic N) is 2. The van der Waals surface area contributed by atoms with Crippen LogP contribution in [-0.2, 0) is 17.8 Å². The molecule has 138 valence electrons. The Morgan fingerprint density at radius 3 is 2.52 bits per heavy atom. The van der Waals surface area contributed by atoms with Crippen LogP contribution in [0, 0.1) is 6.92 Å². The molecule has 6 heteroatoms. The molecule has 27 heavy (non-hydrogen) atoms. The number of carbonyl (C=O) groups is 1. The minimum absolute atomic E-state index is 0.121. The third-order valence-corrected chi connectivity index (χ3v) is 4.03. The molecule has 6 nitrogen and oxygen atoms in total. The molecule has 1 amide bonds. The molecule has 2 aromatic carbocycles. The molecule has 0 aliphatic heterocycles. The van der Waals surface area contributed by atoms with Crippen molar-refractivity contribution in [3.63, 3.8) is 0 Å². The smallest absolute Gasteiger partial charge is 0.229 e. The molecule has 0 fully saturated rings. The van der Waals surface area contributed by atoms with Gasteiger partial charge >= 0.3 is 0 Å². The van der Waals surface area contributed by atoms with Crippen LogP contribution in [0.1, 0.15) is 16.7 Å². The quantitative estimate of drug-likeness (QED) is 0.672. The number of methoxy groups -OCH3 is 1. The lowest BCUT2D eigenvalue weighted by Crippen LogP contribution is -2.16. The van der Waals surface area contributed by atoms with E-state index in [0.717, 1.165) is 22.4 Å². The molecule has 0 bridgehead atoms. The fourth-order valence-electron chi connectivity index (χ4n) is 2.72.